The Kier molecular flexibility index (Phi) is 13.5. The lowest BCUT2D eigenvalue weighted by atomic mass is 9.99. The fraction of sp³-hybridized carbons (Fsp3) is 0.300. The highest BCUT2D eigenvalue weighted by Gasteiger charge is 2.32. The van der Waals surface area contributed by atoms with Crippen molar-refractivity contribution in [1.82, 2.24) is 26.6 Å². The molecule has 4 aromatic carbocycles. The number of hydrogen-bond acceptors (Lipinski definition) is 6. The Bertz CT molecular complexity index is 1900. The van der Waals surface area contributed by atoms with E-state index in [1.807, 2.05) is 66.7 Å². The van der Waals surface area contributed by atoms with Crippen molar-refractivity contribution < 1.29 is 24.0 Å². The molecular formula is C40H46N8O5. The number of nitrogens with one attached hydrogen (secondary N) is 7. The molecule has 0 radical (unpaired) electrons. The molecule has 1 aliphatic heterocycles. The average molecular weight is 719 g/mol. The molecule has 0 spiro atoms. The van der Waals surface area contributed by atoms with Crippen LogP contribution in [0.5, 0.6) is 0 Å². The fourth-order valence-electron chi connectivity index (χ4n) is 6.29. The van der Waals surface area contributed by atoms with Gasteiger partial charge in [-0.1, -0.05) is 97.8 Å². The maximum absolute atomic E-state index is 14.0. The molecule has 0 aliphatic carbocycles. The number of nitrogens with two attached hydrogens (primary N) is 1. The van der Waals surface area contributed by atoms with Gasteiger partial charge >= 0.3 is 0 Å². The molecule has 0 aromatic heterocycles. The van der Waals surface area contributed by atoms with Crippen LogP contribution in [-0.2, 0) is 25.6 Å². The molecule has 0 saturated carbocycles. The lowest BCUT2D eigenvalue weighted by Gasteiger charge is -2.28. The Hall–Kier alpha value is -6.24. The van der Waals surface area contributed by atoms with E-state index in [0.717, 1.165) is 16.3 Å². The molecular weight excluding hydrogens is 672 g/mol. The molecule has 1 saturated heterocycles. The van der Waals surface area contributed by atoms with E-state index in [1.54, 1.807) is 36.4 Å². The number of anilines is 1. The van der Waals surface area contributed by atoms with E-state index in [4.69, 9.17) is 11.1 Å². The van der Waals surface area contributed by atoms with Crippen molar-refractivity contribution in [2.45, 2.75) is 69.1 Å². The fourth-order valence-corrected chi connectivity index (χ4v) is 6.29. The van der Waals surface area contributed by atoms with Gasteiger partial charge in [-0.05, 0) is 54.8 Å². The van der Waals surface area contributed by atoms with Gasteiger partial charge < -0.3 is 37.6 Å². The molecule has 1 heterocycles. The molecule has 5 rings (SSSR count). The summed E-state index contributed by atoms with van der Waals surface area (Å²) >= 11 is 0. The minimum absolute atomic E-state index is 0.119. The van der Waals surface area contributed by atoms with Crippen LogP contribution in [0.15, 0.2) is 103 Å². The third kappa shape index (κ3) is 11.1. The molecule has 53 heavy (non-hydrogen) atoms. The zero-order chi connectivity index (χ0) is 37.6. The second kappa shape index (κ2) is 18.8. The van der Waals surface area contributed by atoms with Gasteiger partial charge in [0.2, 0.25) is 23.6 Å². The van der Waals surface area contributed by atoms with Gasteiger partial charge in [-0.25, -0.2) is 0 Å². The standard InChI is InChI=1S/C40H46N8O5/c41-40(42)43-24-12-23-33-37(51)46-32(36(50)44-30-22-11-18-27-15-7-8-19-29(27)30)21-10-9-20-31(45-35(49)28-16-5-2-6-17-28)38(52)48-34(39(53)47-33)25-26-13-3-1-4-14-26/h1-8,11,13-19,22,31-34H,9-10,12,20-21,23-25H2,(H,44,50)(H,45,49)(H,46,51)(H,47,53)(H,48,52)(H4,41,42,43). The van der Waals surface area contributed by atoms with E-state index in [0.29, 0.717) is 30.5 Å². The molecule has 0 bridgehead atoms. The lowest BCUT2D eigenvalue weighted by molar-refractivity contribution is -0.133. The van der Waals surface area contributed by atoms with Crippen LogP contribution in [0.4, 0.5) is 5.69 Å². The number of carbonyl (C=O) groups excluding carboxylic acids is 5. The number of rotatable bonds is 10. The Morgan fingerprint density at radius 2 is 1.38 bits per heavy atom. The van der Waals surface area contributed by atoms with E-state index < -0.39 is 53.7 Å². The van der Waals surface area contributed by atoms with E-state index >= 15 is 0 Å². The summed E-state index contributed by atoms with van der Waals surface area (Å²) in [5, 5.41) is 26.3. The summed E-state index contributed by atoms with van der Waals surface area (Å²) in [5.41, 5.74) is 7.19. The third-order valence-electron chi connectivity index (χ3n) is 9.11. The number of fused-ring (bicyclic) bond motifs is 1. The summed E-state index contributed by atoms with van der Waals surface area (Å²) in [6, 6.07) is 26.7. The summed E-state index contributed by atoms with van der Waals surface area (Å²) in [7, 11) is 0. The van der Waals surface area contributed by atoms with Gasteiger partial charge in [0, 0.05) is 29.6 Å². The first kappa shape index (κ1) is 38.0. The number of benzene rings is 4. The normalized spacial score (nSPS) is 19.8. The second-order valence-electron chi connectivity index (χ2n) is 13.0. The van der Waals surface area contributed by atoms with Gasteiger partial charge in [0.1, 0.15) is 24.2 Å². The van der Waals surface area contributed by atoms with Gasteiger partial charge in [0.25, 0.3) is 5.91 Å². The molecule has 13 heteroatoms. The second-order valence-corrected chi connectivity index (χ2v) is 13.0. The van der Waals surface area contributed by atoms with Crippen LogP contribution in [0.25, 0.3) is 10.8 Å². The largest absolute Gasteiger partial charge is 0.370 e. The predicted octanol–water partition coefficient (Wildman–Crippen LogP) is 3.11. The number of amides is 5. The van der Waals surface area contributed by atoms with Gasteiger partial charge in [0.05, 0.1) is 0 Å². The first-order valence-electron chi connectivity index (χ1n) is 17.9. The Morgan fingerprint density at radius 3 is 2.13 bits per heavy atom. The first-order valence-corrected chi connectivity index (χ1v) is 17.9. The zero-order valence-electron chi connectivity index (χ0n) is 29.4. The third-order valence-corrected chi connectivity index (χ3v) is 9.11. The molecule has 4 unspecified atom stereocenters. The van der Waals surface area contributed by atoms with Crippen LogP contribution in [0, 0.1) is 5.41 Å². The van der Waals surface area contributed by atoms with E-state index in [9.17, 15) is 24.0 Å². The highest BCUT2D eigenvalue weighted by Crippen LogP contribution is 2.23. The Balaban J connectivity index is 1.43. The predicted molar refractivity (Wildman–Crippen MR) is 204 cm³/mol. The number of guanidine groups is 1. The van der Waals surface area contributed by atoms with Gasteiger partial charge in [-0.3, -0.25) is 29.4 Å². The molecule has 1 fully saturated rings. The SMILES string of the molecule is N=C(N)NCCCC1NC(=O)C(Cc2ccccc2)NC(=O)C(NC(=O)c2ccccc2)CCCCC(C(=O)Nc2cccc3ccccc23)NC1=O. The van der Waals surface area contributed by atoms with E-state index in [-0.39, 0.29) is 38.2 Å². The zero-order valence-corrected chi connectivity index (χ0v) is 29.4. The van der Waals surface area contributed by atoms with Gasteiger partial charge in [0.15, 0.2) is 5.96 Å². The van der Waals surface area contributed by atoms with Crippen LogP contribution in [0.2, 0.25) is 0 Å². The minimum Gasteiger partial charge on any atom is -0.370 e. The molecule has 4 atom stereocenters. The van der Waals surface area contributed by atoms with Crippen LogP contribution < -0.4 is 37.6 Å². The number of hydrogen-bond donors (Lipinski definition) is 8. The van der Waals surface area contributed by atoms with Crippen molar-refractivity contribution >= 4 is 52.0 Å². The summed E-state index contributed by atoms with van der Waals surface area (Å²) in [4.78, 5) is 69.0. The highest BCUT2D eigenvalue weighted by atomic mass is 16.2. The van der Waals surface area contributed by atoms with Crippen molar-refractivity contribution in [3.63, 3.8) is 0 Å². The molecule has 13 nitrogen and oxygen atoms in total. The monoisotopic (exact) mass is 718 g/mol. The maximum atomic E-state index is 14.0. The van der Waals surface area contributed by atoms with E-state index in [2.05, 4.69) is 31.9 Å². The smallest absolute Gasteiger partial charge is 0.251 e. The van der Waals surface area contributed by atoms with Crippen molar-refractivity contribution in [1.29, 1.82) is 5.41 Å². The molecule has 276 valence electrons. The Morgan fingerprint density at radius 1 is 0.736 bits per heavy atom. The van der Waals surface area contributed by atoms with Gasteiger partial charge in [-0.2, -0.15) is 0 Å². The Labute approximate surface area is 308 Å². The molecule has 1 aliphatic rings. The molecule has 9 N–H and O–H groups in total. The van der Waals surface area contributed by atoms with Crippen molar-refractivity contribution in [2.75, 3.05) is 11.9 Å². The number of carbonyl (C=O) groups is 5. The highest BCUT2D eigenvalue weighted by molar-refractivity contribution is 6.05. The van der Waals surface area contributed by atoms with Crippen LogP contribution in [0.3, 0.4) is 0 Å². The molecule has 4 aromatic rings. The van der Waals surface area contributed by atoms with Crippen molar-refractivity contribution in [3.8, 4) is 0 Å². The summed E-state index contributed by atoms with van der Waals surface area (Å²) in [5.74, 6) is -2.81. The van der Waals surface area contributed by atoms with Crippen molar-refractivity contribution in [3.05, 3.63) is 114 Å². The topological polar surface area (TPSA) is 207 Å². The van der Waals surface area contributed by atoms with Gasteiger partial charge in [-0.15, -0.1) is 0 Å². The quantitative estimate of drug-likeness (QED) is 0.0698. The minimum atomic E-state index is -1.10. The van der Waals surface area contributed by atoms with Crippen LogP contribution in [-0.4, -0.2) is 66.2 Å². The summed E-state index contributed by atoms with van der Waals surface area (Å²) < 4.78 is 0. The van der Waals surface area contributed by atoms with Crippen LogP contribution >= 0.6 is 0 Å². The summed E-state index contributed by atoms with van der Waals surface area (Å²) in [6.07, 6.45) is 1.94. The summed E-state index contributed by atoms with van der Waals surface area (Å²) in [6.45, 7) is 0.271. The first-order chi connectivity index (χ1) is 25.7. The lowest BCUT2D eigenvalue weighted by Crippen LogP contribution is -2.58. The van der Waals surface area contributed by atoms with Crippen molar-refractivity contribution in [2.24, 2.45) is 5.73 Å². The maximum Gasteiger partial charge on any atom is 0.251 e. The van der Waals surface area contributed by atoms with Crippen LogP contribution in [0.1, 0.15) is 54.4 Å². The molecule has 5 amide bonds. The average Bonchev–Trinajstić information content (AvgIpc) is 3.16. The van der Waals surface area contributed by atoms with E-state index in [1.165, 1.54) is 0 Å².